The average molecular weight is 468 g/mol. The lowest BCUT2D eigenvalue weighted by atomic mass is 10.0. The largest absolute Gasteiger partial charge is 0.480 e. The normalized spacial score (nSPS) is 12.1. The zero-order valence-corrected chi connectivity index (χ0v) is 18.0. The van der Waals surface area contributed by atoms with Gasteiger partial charge in [-0.15, -0.1) is 0 Å². The van der Waals surface area contributed by atoms with Crippen LogP contribution in [0.3, 0.4) is 0 Å². The van der Waals surface area contributed by atoms with Crippen molar-refractivity contribution in [3.8, 4) is 0 Å². The SMILES string of the molecule is CCCCCCCCCCCCCCCC(=O)NC[C@H](NI)C(=O)O. The number of carbonyl (C=O) groups is 2. The average Bonchev–Trinajstić information content (AvgIpc) is 2.59. The highest BCUT2D eigenvalue weighted by Gasteiger charge is 2.15. The maximum Gasteiger partial charge on any atom is 0.323 e. The molecule has 0 aliphatic carbocycles. The van der Waals surface area contributed by atoms with Crippen LogP contribution in [-0.2, 0) is 9.59 Å². The maximum absolute atomic E-state index is 11.7. The molecular formula is C19H37IN2O3. The van der Waals surface area contributed by atoms with E-state index in [1.54, 1.807) is 22.9 Å². The standard InChI is InChI=1S/C19H37IN2O3/c1-2-3-4-5-6-7-8-9-10-11-12-13-14-15-18(23)21-16-17(22-20)19(24)25/h17,22H,2-16H2,1H3,(H,21,23)(H,24,25)/t17-/m0/s1. The number of amides is 1. The number of aliphatic carboxylic acids is 1. The van der Waals surface area contributed by atoms with E-state index in [4.69, 9.17) is 5.11 Å². The lowest BCUT2D eigenvalue weighted by Gasteiger charge is -2.11. The molecule has 0 radical (unpaired) electrons. The van der Waals surface area contributed by atoms with Gasteiger partial charge in [-0.25, -0.2) is 3.53 Å². The van der Waals surface area contributed by atoms with Crippen molar-refractivity contribution in [1.82, 2.24) is 8.85 Å². The van der Waals surface area contributed by atoms with Crippen LogP contribution >= 0.6 is 22.9 Å². The van der Waals surface area contributed by atoms with Crippen LogP contribution in [0.2, 0.25) is 0 Å². The number of rotatable bonds is 18. The Kier molecular flexibility index (Phi) is 18.1. The molecule has 0 unspecified atom stereocenters. The molecule has 1 amide bonds. The molecule has 0 fully saturated rings. The van der Waals surface area contributed by atoms with Crippen molar-refractivity contribution in [3.05, 3.63) is 0 Å². The van der Waals surface area contributed by atoms with Gasteiger partial charge in [0.15, 0.2) is 0 Å². The minimum atomic E-state index is -0.948. The van der Waals surface area contributed by atoms with Crippen molar-refractivity contribution in [2.45, 2.75) is 103 Å². The first-order valence-electron chi connectivity index (χ1n) is 9.97. The van der Waals surface area contributed by atoms with Crippen LogP contribution in [0, 0.1) is 0 Å². The number of carboxylic acid groups (broad SMARTS) is 1. The lowest BCUT2D eigenvalue weighted by molar-refractivity contribution is -0.138. The number of halogens is 1. The Morgan fingerprint density at radius 1 is 0.840 bits per heavy atom. The lowest BCUT2D eigenvalue weighted by Crippen LogP contribution is -2.42. The Labute approximate surface area is 167 Å². The summed E-state index contributed by atoms with van der Waals surface area (Å²) in [5.74, 6) is -1.00. The molecule has 0 aliphatic rings. The summed E-state index contributed by atoms with van der Waals surface area (Å²) in [5, 5.41) is 11.5. The van der Waals surface area contributed by atoms with Crippen LogP contribution in [0.1, 0.15) is 96.8 Å². The monoisotopic (exact) mass is 468 g/mol. The van der Waals surface area contributed by atoms with Gasteiger partial charge in [0.1, 0.15) is 6.04 Å². The molecule has 3 N–H and O–H groups in total. The van der Waals surface area contributed by atoms with E-state index in [1.807, 2.05) is 0 Å². The van der Waals surface area contributed by atoms with E-state index in [-0.39, 0.29) is 12.5 Å². The molecule has 0 saturated heterocycles. The maximum atomic E-state index is 11.7. The molecule has 0 aromatic carbocycles. The van der Waals surface area contributed by atoms with E-state index in [1.165, 1.54) is 70.6 Å². The first-order valence-corrected chi connectivity index (χ1v) is 11.0. The highest BCUT2D eigenvalue weighted by atomic mass is 127. The van der Waals surface area contributed by atoms with E-state index >= 15 is 0 Å². The second kappa shape index (κ2) is 18.4. The van der Waals surface area contributed by atoms with Gasteiger partial charge >= 0.3 is 5.97 Å². The van der Waals surface area contributed by atoms with Gasteiger partial charge in [0, 0.05) is 35.8 Å². The zero-order valence-electron chi connectivity index (χ0n) is 15.8. The highest BCUT2D eigenvalue weighted by molar-refractivity contribution is 14.1. The van der Waals surface area contributed by atoms with Gasteiger partial charge in [0.05, 0.1) is 0 Å². The summed E-state index contributed by atoms with van der Waals surface area (Å²) in [5.41, 5.74) is 0. The summed E-state index contributed by atoms with van der Waals surface area (Å²) in [6.07, 6.45) is 17.2. The number of carboxylic acids is 1. The van der Waals surface area contributed by atoms with Gasteiger partial charge in [0.25, 0.3) is 0 Å². The Morgan fingerprint density at radius 2 is 1.28 bits per heavy atom. The fourth-order valence-corrected chi connectivity index (χ4v) is 3.27. The minimum absolute atomic E-state index is 0.0547. The van der Waals surface area contributed by atoms with Gasteiger partial charge in [-0.1, -0.05) is 84.0 Å². The molecule has 25 heavy (non-hydrogen) atoms. The summed E-state index contributed by atoms with van der Waals surface area (Å²) in [6, 6.07) is -0.726. The summed E-state index contributed by atoms with van der Waals surface area (Å²) in [7, 11) is 0. The first-order chi connectivity index (χ1) is 12.1. The molecule has 148 valence electrons. The van der Waals surface area contributed by atoms with Crippen molar-refractivity contribution >= 4 is 34.7 Å². The van der Waals surface area contributed by atoms with Crippen LogP contribution in [0.4, 0.5) is 0 Å². The molecule has 0 aromatic heterocycles. The van der Waals surface area contributed by atoms with Gasteiger partial charge in [0.2, 0.25) is 5.91 Å². The Morgan fingerprint density at radius 3 is 1.68 bits per heavy atom. The van der Waals surface area contributed by atoms with Gasteiger partial charge in [-0.3, -0.25) is 9.59 Å². The quantitative estimate of drug-likeness (QED) is 0.151. The molecule has 0 heterocycles. The van der Waals surface area contributed by atoms with Crippen LogP contribution < -0.4 is 8.85 Å². The topological polar surface area (TPSA) is 78.4 Å². The third kappa shape index (κ3) is 16.8. The molecule has 0 bridgehead atoms. The van der Waals surface area contributed by atoms with Gasteiger partial charge in [-0.05, 0) is 6.42 Å². The molecule has 0 aliphatic heterocycles. The van der Waals surface area contributed by atoms with Crippen molar-refractivity contribution in [2.24, 2.45) is 0 Å². The number of nitrogens with one attached hydrogen (secondary N) is 2. The van der Waals surface area contributed by atoms with Crippen molar-refractivity contribution < 1.29 is 14.7 Å². The van der Waals surface area contributed by atoms with Gasteiger partial charge < -0.3 is 10.4 Å². The second-order valence-electron chi connectivity index (χ2n) is 6.80. The van der Waals surface area contributed by atoms with Crippen LogP contribution in [0.25, 0.3) is 0 Å². The van der Waals surface area contributed by atoms with Crippen LogP contribution in [-0.4, -0.2) is 29.6 Å². The van der Waals surface area contributed by atoms with Crippen LogP contribution in [0.15, 0.2) is 0 Å². The molecule has 5 nitrogen and oxygen atoms in total. The van der Waals surface area contributed by atoms with Crippen molar-refractivity contribution in [2.75, 3.05) is 6.54 Å². The van der Waals surface area contributed by atoms with E-state index in [9.17, 15) is 9.59 Å². The smallest absolute Gasteiger partial charge is 0.323 e. The zero-order chi connectivity index (χ0) is 18.8. The van der Waals surface area contributed by atoms with Crippen LogP contribution in [0.5, 0.6) is 0 Å². The minimum Gasteiger partial charge on any atom is -0.480 e. The van der Waals surface area contributed by atoms with Gasteiger partial charge in [-0.2, -0.15) is 0 Å². The number of unbranched alkanes of at least 4 members (excludes halogenated alkanes) is 12. The van der Waals surface area contributed by atoms with Crippen molar-refractivity contribution in [1.29, 1.82) is 0 Å². The molecule has 0 saturated carbocycles. The fraction of sp³-hybridized carbons (Fsp3) is 0.895. The molecule has 0 rings (SSSR count). The summed E-state index contributed by atoms with van der Waals surface area (Å²) in [6.45, 7) is 2.39. The molecule has 0 aromatic rings. The van der Waals surface area contributed by atoms with E-state index in [0.29, 0.717) is 6.42 Å². The van der Waals surface area contributed by atoms with E-state index in [2.05, 4.69) is 15.8 Å². The third-order valence-electron chi connectivity index (χ3n) is 4.44. The van der Waals surface area contributed by atoms with E-state index in [0.717, 1.165) is 12.8 Å². The molecule has 1 atom stereocenters. The Bertz CT molecular complexity index is 341. The second-order valence-corrected chi connectivity index (χ2v) is 7.42. The predicted octanol–water partition coefficient (Wildman–Crippen LogP) is 4.98. The van der Waals surface area contributed by atoms with Crippen molar-refractivity contribution in [3.63, 3.8) is 0 Å². The highest BCUT2D eigenvalue weighted by Crippen LogP contribution is 2.12. The summed E-state index contributed by atoms with van der Waals surface area (Å²) in [4.78, 5) is 22.5. The summed E-state index contributed by atoms with van der Waals surface area (Å²) < 4.78 is 2.63. The third-order valence-corrected chi connectivity index (χ3v) is 5.19. The summed E-state index contributed by atoms with van der Waals surface area (Å²) >= 11 is 1.79. The number of hydrogen-bond acceptors (Lipinski definition) is 3. The Balaban J connectivity index is 3.30. The fourth-order valence-electron chi connectivity index (χ4n) is 2.78. The Hall–Kier alpha value is -0.370. The predicted molar refractivity (Wildman–Crippen MR) is 112 cm³/mol. The first kappa shape index (κ1) is 24.6. The molecule has 0 spiro atoms. The van der Waals surface area contributed by atoms with E-state index < -0.39 is 12.0 Å². The number of hydrogen-bond donors (Lipinski definition) is 3. The molecule has 6 heteroatoms. The molecular weight excluding hydrogens is 431 g/mol. The number of carbonyl (C=O) groups excluding carboxylic acids is 1.